The van der Waals surface area contributed by atoms with E-state index < -0.39 is 5.91 Å². The maximum absolute atomic E-state index is 14.4. The molecule has 0 unspecified atom stereocenters. The number of aromatic nitrogens is 1. The fourth-order valence-electron chi connectivity index (χ4n) is 3.41. The summed E-state index contributed by atoms with van der Waals surface area (Å²) in [7, 11) is 1.60. The number of nitrogens with one attached hydrogen (secondary N) is 1. The van der Waals surface area contributed by atoms with Gasteiger partial charge in [0, 0.05) is 22.4 Å². The third-order valence-corrected chi connectivity index (χ3v) is 4.58. The first-order chi connectivity index (χ1) is 12.6. The van der Waals surface area contributed by atoms with Crippen molar-refractivity contribution < 1.29 is 13.9 Å². The number of methoxy groups -OCH3 is 1. The van der Waals surface area contributed by atoms with Gasteiger partial charge in [0.2, 0.25) is 5.91 Å². The smallest absolute Gasteiger partial charge is 0.221 e. The first kappa shape index (κ1) is 16.1. The number of rotatable bonds is 4. The van der Waals surface area contributed by atoms with Gasteiger partial charge in [-0.15, -0.1) is 0 Å². The molecule has 4 aromatic rings. The average Bonchev–Trinajstić information content (AvgIpc) is 3.01. The second-order valence-corrected chi connectivity index (χ2v) is 6.18. The van der Waals surface area contributed by atoms with Crippen LogP contribution in [0.2, 0.25) is 0 Å². The van der Waals surface area contributed by atoms with E-state index in [-0.39, 0.29) is 12.2 Å². The summed E-state index contributed by atoms with van der Waals surface area (Å²) in [5.41, 5.74) is 9.10. The van der Waals surface area contributed by atoms with Crippen LogP contribution in [-0.2, 0) is 11.2 Å². The molecule has 0 aliphatic carbocycles. The number of halogens is 1. The van der Waals surface area contributed by atoms with Crippen molar-refractivity contribution in [3.05, 3.63) is 66.0 Å². The SMILES string of the molecule is COc1ccc2c(c1)[nH]c1c(CC(N)=O)ccc(-c3ccccc3F)c12. The van der Waals surface area contributed by atoms with Gasteiger partial charge < -0.3 is 15.5 Å². The molecule has 3 aromatic carbocycles. The molecule has 130 valence electrons. The van der Waals surface area contributed by atoms with Gasteiger partial charge in [0.05, 0.1) is 24.6 Å². The largest absolute Gasteiger partial charge is 0.497 e. The number of fused-ring (bicyclic) bond motifs is 3. The number of H-pyrrole nitrogens is 1. The van der Waals surface area contributed by atoms with E-state index in [1.807, 2.05) is 30.3 Å². The third kappa shape index (κ3) is 2.58. The molecule has 0 aliphatic heterocycles. The Morgan fingerprint density at radius 3 is 2.65 bits per heavy atom. The van der Waals surface area contributed by atoms with E-state index in [0.29, 0.717) is 11.3 Å². The van der Waals surface area contributed by atoms with Gasteiger partial charge in [-0.25, -0.2) is 4.39 Å². The zero-order chi connectivity index (χ0) is 18.3. The molecule has 0 fully saturated rings. The van der Waals surface area contributed by atoms with E-state index in [0.717, 1.165) is 32.9 Å². The second kappa shape index (κ2) is 6.19. The highest BCUT2D eigenvalue weighted by atomic mass is 19.1. The van der Waals surface area contributed by atoms with Crippen molar-refractivity contribution in [1.82, 2.24) is 4.98 Å². The molecule has 4 rings (SSSR count). The van der Waals surface area contributed by atoms with Gasteiger partial charge in [-0.1, -0.05) is 30.3 Å². The van der Waals surface area contributed by atoms with Crippen molar-refractivity contribution in [2.45, 2.75) is 6.42 Å². The number of hydrogen-bond acceptors (Lipinski definition) is 2. The minimum Gasteiger partial charge on any atom is -0.497 e. The molecule has 1 heterocycles. The van der Waals surface area contributed by atoms with Crippen molar-refractivity contribution in [3.63, 3.8) is 0 Å². The van der Waals surface area contributed by atoms with Crippen LogP contribution in [0.15, 0.2) is 54.6 Å². The molecule has 0 atom stereocenters. The Morgan fingerprint density at radius 1 is 1.12 bits per heavy atom. The number of carbonyl (C=O) groups excluding carboxylic acids is 1. The standard InChI is InChI=1S/C21H17FN2O2/c1-26-13-7-9-16-18(11-13)24-21-12(10-19(23)25)6-8-15(20(16)21)14-4-2-3-5-17(14)22/h2-9,11,24H,10H2,1H3,(H2,23,25). The van der Waals surface area contributed by atoms with Crippen LogP contribution >= 0.6 is 0 Å². The molecule has 1 aromatic heterocycles. The summed E-state index contributed by atoms with van der Waals surface area (Å²) >= 11 is 0. The Labute approximate surface area is 149 Å². The van der Waals surface area contributed by atoms with Crippen LogP contribution in [0.1, 0.15) is 5.56 Å². The quantitative estimate of drug-likeness (QED) is 0.581. The zero-order valence-electron chi connectivity index (χ0n) is 14.2. The van der Waals surface area contributed by atoms with Crippen molar-refractivity contribution >= 4 is 27.7 Å². The van der Waals surface area contributed by atoms with Gasteiger partial charge in [0.1, 0.15) is 11.6 Å². The molecular formula is C21H17FN2O2. The molecule has 0 saturated carbocycles. The van der Waals surface area contributed by atoms with Crippen LogP contribution in [-0.4, -0.2) is 18.0 Å². The van der Waals surface area contributed by atoms with Gasteiger partial charge in [0.25, 0.3) is 0 Å². The minimum absolute atomic E-state index is 0.109. The maximum atomic E-state index is 14.4. The van der Waals surface area contributed by atoms with Crippen LogP contribution < -0.4 is 10.5 Å². The van der Waals surface area contributed by atoms with E-state index in [9.17, 15) is 9.18 Å². The normalized spacial score (nSPS) is 11.2. The predicted molar refractivity (Wildman–Crippen MR) is 101 cm³/mol. The minimum atomic E-state index is -0.416. The van der Waals surface area contributed by atoms with Crippen LogP contribution in [0, 0.1) is 5.82 Å². The number of aromatic amines is 1. The summed E-state index contributed by atoms with van der Waals surface area (Å²) in [5, 5.41) is 1.80. The lowest BCUT2D eigenvalue weighted by molar-refractivity contribution is -0.117. The van der Waals surface area contributed by atoms with Gasteiger partial charge in [0.15, 0.2) is 0 Å². The lowest BCUT2D eigenvalue weighted by Crippen LogP contribution is -2.13. The third-order valence-electron chi connectivity index (χ3n) is 4.58. The van der Waals surface area contributed by atoms with Crippen LogP contribution in [0.25, 0.3) is 32.9 Å². The zero-order valence-corrected chi connectivity index (χ0v) is 14.2. The number of hydrogen-bond donors (Lipinski definition) is 2. The van der Waals surface area contributed by atoms with E-state index in [2.05, 4.69) is 4.98 Å². The Bertz CT molecular complexity index is 1150. The number of benzene rings is 3. The molecule has 5 heteroatoms. The van der Waals surface area contributed by atoms with Gasteiger partial charge in [-0.3, -0.25) is 4.79 Å². The summed E-state index contributed by atoms with van der Waals surface area (Å²) in [5.74, 6) is 0.00782. The van der Waals surface area contributed by atoms with E-state index >= 15 is 0 Å². The van der Waals surface area contributed by atoms with E-state index in [1.54, 1.807) is 25.3 Å². The first-order valence-electron chi connectivity index (χ1n) is 8.23. The Morgan fingerprint density at radius 2 is 1.92 bits per heavy atom. The molecule has 0 aliphatic rings. The number of carbonyl (C=O) groups is 1. The highest BCUT2D eigenvalue weighted by Crippen LogP contribution is 2.38. The van der Waals surface area contributed by atoms with Crippen molar-refractivity contribution in [3.8, 4) is 16.9 Å². The summed E-state index contributed by atoms with van der Waals surface area (Å²) in [6.07, 6.45) is 0.109. The second-order valence-electron chi connectivity index (χ2n) is 6.18. The van der Waals surface area contributed by atoms with Crippen LogP contribution in [0.4, 0.5) is 4.39 Å². The Kier molecular flexibility index (Phi) is 3.84. The van der Waals surface area contributed by atoms with Crippen molar-refractivity contribution in [1.29, 1.82) is 0 Å². The fraction of sp³-hybridized carbons (Fsp3) is 0.0952. The molecule has 3 N–H and O–H groups in total. The highest BCUT2D eigenvalue weighted by molar-refractivity contribution is 6.15. The predicted octanol–water partition coefficient (Wildman–Crippen LogP) is 4.16. The summed E-state index contributed by atoms with van der Waals surface area (Å²) < 4.78 is 19.7. The van der Waals surface area contributed by atoms with Crippen molar-refractivity contribution in [2.24, 2.45) is 5.73 Å². The summed E-state index contributed by atoms with van der Waals surface area (Å²) in [6.45, 7) is 0. The fourth-order valence-corrected chi connectivity index (χ4v) is 3.41. The lowest BCUT2D eigenvalue weighted by atomic mass is 9.96. The van der Waals surface area contributed by atoms with Gasteiger partial charge >= 0.3 is 0 Å². The Balaban J connectivity index is 2.10. The Hall–Kier alpha value is -3.34. The molecule has 0 saturated heterocycles. The lowest BCUT2D eigenvalue weighted by Gasteiger charge is -2.09. The highest BCUT2D eigenvalue weighted by Gasteiger charge is 2.17. The summed E-state index contributed by atoms with van der Waals surface area (Å²) in [6, 6.07) is 16.0. The molecule has 0 spiro atoms. The monoisotopic (exact) mass is 348 g/mol. The molecule has 1 amide bonds. The number of amides is 1. The van der Waals surface area contributed by atoms with Crippen molar-refractivity contribution in [2.75, 3.05) is 7.11 Å². The van der Waals surface area contributed by atoms with Crippen LogP contribution in [0.5, 0.6) is 5.75 Å². The molecular weight excluding hydrogens is 331 g/mol. The van der Waals surface area contributed by atoms with E-state index in [4.69, 9.17) is 10.5 Å². The number of nitrogens with two attached hydrogens (primary N) is 1. The average molecular weight is 348 g/mol. The first-order valence-corrected chi connectivity index (χ1v) is 8.23. The molecule has 4 nitrogen and oxygen atoms in total. The van der Waals surface area contributed by atoms with E-state index in [1.165, 1.54) is 6.07 Å². The van der Waals surface area contributed by atoms with Gasteiger partial charge in [-0.2, -0.15) is 0 Å². The van der Waals surface area contributed by atoms with Gasteiger partial charge in [-0.05, 0) is 29.3 Å². The topological polar surface area (TPSA) is 68.1 Å². The molecule has 26 heavy (non-hydrogen) atoms. The molecule has 0 bridgehead atoms. The van der Waals surface area contributed by atoms with Crippen LogP contribution in [0.3, 0.4) is 0 Å². The maximum Gasteiger partial charge on any atom is 0.221 e. The number of ether oxygens (including phenoxy) is 1. The molecule has 0 radical (unpaired) electrons. The summed E-state index contributed by atoms with van der Waals surface area (Å²) in [4.78, 5) is 14.8. The number of primary amides is 1.